The highest BCUT2D eigenvalue weighted by atomic mass is 79.9. The maximum absolute atomic E-state index is 12.8. The van der Waals surface area contributed by atoms with Gasteiger partial charge in [0.2, 0.25) is 0 Å². The second-order valence-electron chi connectivity index (χ2n) is 7.33. The van der Waals surface area contributed by atoms with Crippen LogP contribution >= 0.6 is 15.9 Å². The molecule has 0 heterocycles. The molecule has 0 radical (unpaired) electrons. The predicted octanol–water partition coefficient (Wildman–Crippen LogP) is 4.93. The third kappa shape index (κ3) is 8.68. The summed E-state index contributed by atoms with van der Waals surface area (Å²) in [7, 11) is -1.51. The Labute approximate surface area is 226 Å². The summed E-state index contributed by atoms with van der Waals surface area (Å²) in [6.07, 6.45) is 0. The van der Waals surface area contributed by atoms with Crippen LogP contribution in [0.1, 0.15) is 22.3 Å². The number of halogens is 3. The highest BCUT2D eigenvalue weighted by Gasteiger charge is 2.09. The van der Waals surface area contributed by atoms with Crippen molar-refractivity contribution in [1.82, 2.24) is 0 Å². The summed E-state index contributed by atoms with van der Waals surface area (Å²) in [5, 5.41) is 51.9. The summed E-state index contributed by atoms with van der Waals surface area (Å²) in [6, 6.07) is 28.7. The van der Waals surface area contributed by atoms with E-state index in [-0.39, 0.29) is 11.6 Å². The van der Waals surface area contributed by atoms with Crippen LogP contribution in [-0.4, -0.2) is 17.2 Å². The smallest absolute Gasteiger partial charge is 0.423 e. The molecule has 184 valence electrons. The maximum atomic E-state index is 12.8. The molecule has 0 aromatic heterocycles. The molecule has 6 nitrogen and oxygen atoms in total. The van der Waals surface area contributed by atoms with Gasteiger partial charge in [-0.3, -0.25) is 0 Å². The summed E-state index contributed by atoms with van der Waals surface area (Å²) in [4.78, 5) is 0. The number of hydrogen-bond donors (Lipinski definition) is 2. The van der Waals surface area contributed by atoms with Crippen molar-refractivity contribution in [2.75, 3.05) is 0 Å². The van der Waals surface area contributed by atoms with Crippen molar-refractivity contribution in [3.8, 4) is 35.4 Å². The number of nitrogens with zero attached hydrogens (tertiary/aromatic N) is 4. The van der Waals surface area contributed by atoms with Crippen LogP contribution in [0.5, 0.6) is 0 Å². The number of hydrogen-bond acceptors (Lipinski definition) is 6. The van der Waals surface area contributed by atoms with E-state index in [0.29, 0.717) is 27.7 Å². The molecule has 0 fully saturated rings. The van der Waals surface area contributed by atoms with Gasteiger partial charge in [0.25, 0.3) is 0 Å². The highest BCUT2D eigenvalue weighted by Crippen LogP contribution is 2.22. The zero-order valence-electron chi connectivity index (χ0n) is 19.5. The summed E-state index contributed by atoms with van der Waals surface area (Å²) in [5.74, 6) is -0.688. The van der Waals surface area contributed by atoms with Gasteiger partial charge < -0.3 is 10.0 Å². The molecule has 0 bridgehead atoms. The van der Waals surface area contributed by atoms with Crippen molar-refractivity contribution in [2.24, 2.45) is 0 Å². The summed E-state index contributed by atoms with van der Waals surface area (Å²) < 4.78 is 25.8. The van der Waals surface area contributed by atoms with E-state index in [1.807, 2.05) is 24.3 Å². The average molecular weight is 569 g/mol. The van der Waals surface area contributed by atoms with Crippen LogP contribution in [0.25, 0.3) is 11.1 Å². The van der Waals surface area contributed by atoms with Gasteiger partial charge in [-0.15, -0.1) is 0 Å². The topological polar surface area (TPSA) is 136 Å². The van der Waals surface area contributed by atoms with Gasteiger partial charge in [0.15, 0.2) is 0 Å². The lowest BCUT2D eigenvalue weighted by Gasteiger charge is -2.02. The second-order valence-corrected chi connectivity index (χ2v) is 8.25. The molecule has 0 aliphatic heterocycles. The average Bonchev–Trinajstić information content (AvgIpc) is 2.94. The predicted molar refractivity (Wildman–Crippen MR) is 141 cm³/mol. The first kappa shape index (κ1) is 29.4. The van der Waals surface area contributed by atoms with Crippen LogP contribution in [0.15, 0.2) is 89.4 Å². The van der Waals surface area contributed by atoms with E-state index in [9.17, 15) is 8.78 Å². The van der Waals surface area contributed by atoms with Gasteiger partial charge >= 0.3 is 7.12 Å². The lowest BCUT2D eigenvalue weighted by molar-refractivity contribution is 0.425. The van der Waals surface area contributed by atoms with Gasteiger partial charge in [0, 0.05) is 4.47 Å². The second kappa shape index (κ2) is 14.7. The Morgan fingerprint density at radius 1 is 0.553 bits per heavy atom. The van der Waals surface area contributed by atoms with E-state index in [0.717, 1.165) is 15.6 Å². The molecule has 2 N–H and O–H groups in total. The van der Waals surface area contributed by atoms with Crippen LogP contribution in [-0.2, 0) is 0 Å². The zero-order chi connectivity index (χ0) is 28.1. The van der Waals surface area contributed by atoms with Crippen LogP contribution < -0.4 is 5.46 Å². The minimum Gasteiger partial charge on any atom is -0.423 e. The van der Waals surface area contributed by atoms with E-state index in [1.165, 1.54) is 36.4 Å². The van der Waals surface area contributed by atoms with E-state index < -0.39 is 7.12 Å². The Hall–Kier alpha value is -4.84. The lowest BCUT2D eigenvalue weighted by Crippen LogP contribution is -2.29. The Kier molecular flexibility index (Phi) is 11.3. The first-order valence-electron chi connectivity index (χ1n) is 10.6. The molecule has 0 spiro atoms. The molecule has 0 saturated carbocycles. The summed E-state index contributed by atoms with van der Waals surface area (Å²) in [5.41, 5.74) is 3.39. The molecule has 0 saturated heterocycles. The first-order chi connectivity index (χ1) is 18.2. The Morgan fingerprint density at radius 2 is 0.974 bits per heavy atom. The standard InChI is InChI=1S/C14H7FN2.C8H3BrN2.C6H6BFO2/c15-14-5-3-10(4-6-14)11-1-2-12(8-16)13(7-11)9-17;9-8-2-1-6(4-10)7(3-8)5-11;8-6-3-1-5(2-4-6)7(9)10/h1-7H;1-3H;1-4,9-10H. The van der Waals surface area contributed by atoms with Crippen molar-refractivity contribution < 1.29 is 18.8 Å². The summed E-state index contributed by atoms with van der Waals surface area (Å²) >= 11 is 3.21. The molecule has 4 aromatic rings. The van der Waals surface area contributed by atoms with E-state index in [4.69, 9.17) is 31.1 Å². The van der Waals surface area contributed by atoms with Crippen LogP contribution in [0.3, 0.4) is 0 Å². The maximum Gasteiger partial charge on any atom is 0.488 e. The molecule has 0 aliphatic carbocycles. The molecule has 0 unspecified atom stereocenters. The fourth-order valence-corrected chi connectivity index (χ4v) is 3.26. The fraction of sp³-hybridized carbons (Fsp3) is 0. The van der Waals surface area contributed by atoms with Gasteiger partial charge in [0.05, 0.1) is 22.3 Å². The highest BCUT2D eigenvalue weighted by molar-refractivity contribution is 9.10. The molecular formula is C28H16BBrF2N4O2. The first-order valence-corrected chi connectivity index (χ1v) is 11.4. The monoisotopic (exact) mass is 568 g/mol. The van der Waals surface area contributed by atoms with Crippen molar-refractivity contribution in [2.45, 2.75) is 0 Å². The molecule has 38 heavy (non-hydrogen) atoms. The van der Waals surface area contributed by atoms with Gasteiger partial charge in [-0.1, -0.05) is 46.3 Å². The third-order valence-electron chi connectivity index (χ3n) is 4.83. The Balaban J connectivity index is 0.000000211. The molecule has 0 aliphatic rings. The minimum atomic E-state index is -1.51. The molecule has 0 amide bonds. The fourth-order valence-electron chi connectivity index (χ4n) is 2.90. The van der Waals surface area contributed by atoms with Gasteiger partial charge in [-0.25, -0.2) is 8.78 Å². The number of rotatable bonds is 2. The van der Waals surface area contributed by atoms with Crippen molar-refractivity contribution in [3.05, 3.63) is 123 Å². The van der Waals surface area contributed by atoms with E-state index >= 15 is 0 Å². The Bertz CT molecular complexity index is 1570. The summed E-state index contributed by atoms with van der Waals surface area (Å²) in [6.45, 7) is 0. The number of nitriles is 4. The van der Waals surface area contributed by atoms with Gasteiger partial charge in [0.1, 0.15) is 35.9 Å². The quantitative estimate of drug-likeness (QED) is 0.329. The van der Waals surface area contributed by atoms with E-state index in [1.54, 1.807) is 48.5 Å². The van der Waals surface area contributed by atoms with Crippen molar-refractivity contribution in [3.63, 3.8) is 0 Å². The SMILES string of the molecule is N#Cc1ccc(-c2ccc(F)cc2)cc1C#N.N#Cc1ccc(Br)cc1C#N.OB(O)c1ccc(F)cc1. The zero-order valence-corrected chi connectivity index (χ0v) is 21.1. The lowest BCUT2D eigenvalue weighted by atomic mass is 9.80. The number of benzene rings is 4. The van der Waals surface area contributed by atoms with Crippen LogP contribution in [0.4, 0.5) is 8.78 Å². The molecule has 4 rings (SSSR count). The van der Waals surface area contributed by atoms with Gasteiger partial charge in [-0.2, -0.15) is 21.0 Å². The molecule has 0 atom stereocenters. The molecular weight excluding hydrogens is 553 g/mol. The Morgan fingerprint density at radius 3 is 1.45 bits per heavy atom. The van der Waals surface area contributed by atoms with Crippen LogP contribution in [0.2, 0.25) is 0 Å². The molecule has 4 aromatic carbocycles. The minimum absolute atomic E-state index is 0.293. The van der Waals surface area contributed by atoms with Gasteiger partial charge in [-0.05, 0) is 71.2 Å². The van der Waals surface area contributed by atoms with Crippen molar-refractivity contribution >= 4 is 28.5 Å². The van der Waals surface area contributed by atoms with Crippen molar-refractivity contribution in [1.29, 1.82) is 21.0 Å². The normalized spacial score (nSPS) is 9.08. The third-order valence-corrected chi connectivity index (χ3v) is 5.32. The van der Waals surface area contributed by atoms with E-state index in [2.05, 4.69) is 15.9 Å². The largest absolute Gasteiger partial charge is 0.488 e. The molecule has 10 heteroatoms. The van der Waals surface area contributed by atoms with Crippen LogP contribution in [0, 0.1) is 57.0 Å².